The molecule has 1 heterocycles. The van der Waals surface area contributed by atoms with Crippen molar-refractivity contribution in [1.82, 2.24) is 15.5 Å². The molecule has 0 saturated heterocycles. The van der Waals surface area contributed by atoms with Crippen molar-refractivity contribution in [3.8, 4) is 0 Å². The summed E-state index contributed by atoms with van der Waals surface area (Å²) < 4.78 is 5.00. The van der Waals surface area contributed by atoms with Crippen LogP contribution in [0.2, 0.25) is 0 Å². The number of nitrogens with zero attached hydrogens (tertiary/aromatic N) is 2. The number of nitrogens with one attached hydrogen (secondary N) is 1. The third kappa shape index (κ3) is 2.62. The summed E-state index contributed by atoms with van der Waals surface area (Å²) in [5.41, 5.74) is 0. The van der Waals surface area contributed by atoms with Gasteiger partial charge in [-0.2, -0.15) is 4.98 Å². The van der Waals surface area contributed by atoms with Crippen LogP contribution in [0.15, 0.2) is 4.52 Å². The summed E-state index contributed by atoms with van der Waals surface area (Å²) in [7, 11) is 0. The second-order valence-corrected chi connectivity index (χ2v) is 2.56. The van der Waals surface area contributed by atoms with Crippen LogP contribution in [0.5, 0.6) is 0 Å². The van der Waals surface area contributed by atoms with Crippen LogP contribution < -0.4 is 5.32 Å². The first-order chi connectivity index (χ1) is 5.86. The van der Waals surface area contributed by atoms with E-state index in [9.17, 15) is 0 Å². The predicted octanol–water partition coefficient (Wildman–Crippen LogP) is 0.784. The molecule has 0 aliphatic heterocycles. The second kappa shape index (κ2) is 4.87. The quantitative estimate of drug-likeness (QED) is 0.662. The summed E-state index contributed by atoms with van der Waals surface area (Å²) in [4.78, 5) is 4.18. The van der Waals surface area contributed by atoms with Crippen molar-refractivity contribution in [2.75, 3.05) is 13.1 Å². The lowest BCUT2D eigenvalue weighted by molar-refractivity contribution is 0.371. The minimum absolute atomic E-state index is 0.729. The van der Waals surface area contributed by atoms with Crippen molar-refractivity contribution in [3.05, 3.63) is 11.7 Å². The molecule has 0 bridgehead atoms. The Labute approximate surface area is 72.4 Å². The fourth-order valence-electron chi connectivity index (χ4n) is 0.907. The fraction of sp³-hybridized carbons (Fsp3) is 0.750. The highest BCUT2D eigenvalue weighted by molar-refractivity contribution is 4.85. The molecule has 1 N–H and O–H groups in total. The largest absolute Gasteiger partial charge is 0.339 e. The van der Waals surface area contributed by atoms with Crippen molar-refractivity contribution in [2.24, 2.45) is 0 Å². The number of aromatic nitrogens is 2. The topological polar surface area (TPSA) is 51.0 Å². The Hall–Kier alpha value is -0.900. The first-order valence-corrected chi connectivity index (χ1v) is 4.39. The van der Waals surface area contributed by atoms with E-state index in [4.69, 9.17) is 4.52 Å². The maximum Gasteiger partial charge on any atom is 0.227 e. The Morgan fingerprint density at radius 1 is 1.42 bits per heavy atom. The Bertz CT molecular complexity index is 222. The number of likely N-dealkylation sites (N-methyl/N-ethyl adjacent to an activating group) is 1. The van der Waals surface area contributed by atoms with Gasteiger partial charge in [-0.15, -0.1) is 0 Å². The van der Waals surface area contributed by atoms with E-state index in [0.29, 0.717) is 0 Å². The lowest BCUT2D eigenvalue weighted by atomic mass is 10.4. The summed E-state index contributed by atoms with van der Waals surface area (Å²) in [5, 5.41) is 7.00. The third-order valence-corrected chi connectivity index (χ3v) is 1.59. The van der Waals surface area contributed by atoms with Gasteiger partial charge in [-0.05, 0) is 6.54 Å². The third-order valence-electron chi connectivity index (χ3n) is 1.59. The van der Waals surface area contributed by atoms with Crippen LogP contribution in [-0.2, 0) is 12.8 Å². The standard InChI is InChI=1S/C8H15N3O/c1-3-7-10-8(12-11-7)5-6-9-4-2/h9H,3-6H2,1-2H3. The van der Waals surface area contributed by atoms with Crippen molar-refractivity contribution in [1.29, 1.82) is 0 Å². The molecule has 0 aliphatic rings. The molecule has 12 heavy (non-hydrogen) atoms. The summed E-state index contributed by atoms with van der Waals surface area (Å²) in [5.74, 6) is 1.52. The molecule has 1 aromatic rings. The van der Waals surface area contributed by atoms with E-state index in [1.54, 1.807) is 0 Å². The molecule has 0 amide bonds. The minimum Gasteiger partial charge on any atom is -0.339 e. The molecule has 0 aromatic carbocycles. The Morgan fingerprint density at radius 2 is 2.25 bits per heavy atom. The first-order valence-electron chi connectivity index (χ1n) is 4.39. The van der Waals surface area contributed by atoms with Crippen LogP contribution in [0.25, 0.3) is 0 Å². The van der Waals surface area contributed by atoms with Crippen molar-refractivity contribution in [2.45, 2.75) is 26.7 Å². The molecule has 0 spiro atoms. The summed E-state index contributed by atoms with van der Waals surface area (Å²) >= 11 is 0. The Kier molecular flexibility index (Phi) is 3.73. The summed E-state index contributed by atoms with van der Waals surface area (Å²) in [6.45, 7) is 5.97. The Morgan fingerprint density at radius 3 is 2.83 bits per heavy atom. The highest BCUT2D eigenvalue weighted by Crippen LogP contribution is 1.97. The summed E-state index contributed by atoms with van der Waals surface area (Å²) in [6, 6.07) is 0. The molecule has 0 fully saturated rings. The fourth-order valence-corrected chi connectivity index (χ4v) is 0.907. The van der Waals surface area contributed by atoms with Crippen LogP contribution in [0, 0.1) is 0 Å². The molecule has 0 unspecified atom stereocenters. The van der Waals surface area contributed by atoms with Gasteiger partial charge in [0, 0.05) is 19.4 Å². The Balaban J connectivity index is 2.31. The van der Waals surface area contributed by atoms with E-state index >= 15 is 0 Å². The molecule has 0 aliphatic carbocycles. The van der Waals surface area contributed by atoms with Crippen molar-refractivity contribution >= 4 is 0 Å². The van der Waals surface area contributed by atoms with Crippen LogP contribution in [-0.4, -0.2) is 23.2 Å². The number of hydrogen-bond donors (Lipinski definition) is 1. The van der Waals surface area contributed by atoms with E-state index in [0.717, 1.165) is 37.6 Å². The molecule has 0 saturated carbocycles. The number of hydrogen-bond acceptors (Lipinski definition) is 4. The molecule has 0 radical (unpaired) electrons. The highest BCUT2D eigenvalue weighted by atomic mass is 16.5. The molecule has 4 heteroatoms. The lowest BCUT2D eigenvalue weighted by Gasteiger charge is -1.94. The highest BCUT2D eigenvalue weighted by Gasteiger charge is 2.02. The normalized spacial score (nSPS) is 10.5. The molecule has 68 valence electrons. The molecule has 0 atom stereocenters. The van der Waals surface area contributed by atoms with Gasteiger partial charge in [0.25, 0.3) is 0 Å². The van der Waals surface area contributed by atoms with Crippen LogP contribution >= 0.6 is 0 Å². The van der Waals surface area contributed by atoms with Gasteiger partial charge >= 0.3 is 0 Å². The van der Waals surface area contributed by atoms with Crippen LogP contribution in [0.3, 0.4) is 0 Å². The molecule has 4 nitrogen and oxygen atoms in total. The summed E-state index contributed by atoms with van der Waals surface area (Å²) in [6.07, 6.45) is 1.66. The maximum atomic E-state index is 5.00. The van der Waals surface area contributed by atoms with Crippen LogP contribution in [0.4, 0.5) is 0 Å². The molecular weight excluding hydrogens is 154 g/mol. The predicted molar refractivity (Wildman–Crippen MR) is 45.9 cm³/mol. The second-order valence-electron chi connectivity index (χ2n) is 2.56. The SMILES string of the molecule is CCNCCc1nc(CC)no1. The van der Waals surface area contributed by atoms with Gasteiger partial charge in [0.1, 0.15) is 0 Å². The van der Waals surface area contributed by atoms with Gasteiger partial charge in [-0.25, -0.2) is 0 Å². The van der Waals surface area contributed by atoms with Crippen molar-refractivity contribution in [3.63, 3.8) is 0 Å². The van der Waals surface area contributed by atoms with Crippen molar-refractivity contribution < 1.29 is 4.52 Å². The van der Waals surface area contributed by atoms with Gasteiger partial charge in [0.15, 0.2) is 5.82 Å². The molecule has 1 rings (SSSR count). The van der Waals surface area contributed by atoms with Gasteiger partial charge in [0.05, 0.1) is 0 Å². The molecule has 1 aromatic heterocycles. The van der Waals surface area contributed by atoms with E-state index in [1.807, 2.05) is 6.92 Å². The smallest absolute Gasteiger partial charge is 0.227 e. The van der Waals surface area contributed by atoms with E-state index in [1.165, 1.54) is 0 Å². The van der Waals surface area contributed by atoms with Crippen LogP contribution in [0.1, 0.15) is 25.6 Å². The zero-order valence-corrected chi connectivity index (χ0v) is 7.63. The maximum absolute atomic E-state index is 5.00. The lowest BCUT2D eigenvalue weighted by Crippen LogP contribution is -2.16. The zero-order chi connectivity index (χ0) is 8.81. The number of aryl methyl sites for hydroxylation is 1. The van der Waals surface area contributed by atoms with E-state index in [-0.39, 0.29) is 0 Å². The first kappa shape index (κ1) is 9.19. The van der Waals surface area contributed by atoms with Gasteiger partial charge < -0.3 is 9.84 Å². The van der Waals surface area contributed by atoms with Gasteiger partial charge in [-0.1, -0.05) is 19.0 Å². The monoisotopic (exact) mass is 169 g/mol. The average Bonchev–Trinajstić information content (AvgIpc) is 2.53. The van der Waals surface area contributed by atoms with E-state index in [2.05, 4.69) is 22.4 Å². The zero-order valence-electron chi connectivity index (χ0n) is 7.63. The van der Waals surface area contributed by atoms with Gasteiger partial charge in [-0.3, -0.25) is 0 Å². The van der Waals surface area contributed by atoms with E-state index < -0.39 is 0 Å². The average molecular weight is 169 g/mol. The van der Waals surface area contributed by atoms with Gasteiger partial charge in [0.2, 0.25) is 5.89 Å². The minimum atomic E-state index is 0.729. The number of rotatable bonds is 5. The molecular formula is C8H15N3O.